The molecule has 0 radical (unpaired) electrons. The zero-order valence-corrected chi connectivity index (χ0v) is 14.3. The number of carbonyl (C=O) groups is 3. The number of aromatic nitrogens is 1. The molecule has 2 atom stereocenters. The van der Waals surface area contributed by atoms with Gasteiger partial charge in [0.15, 0.2) is 0 Å². The number of hydrogen-bond donors (Lipinski definition) is 2. The molecule has 3 rings (SSSR count). The van der Waals surface area contributed by atoms with Gasteiger partial charge in [-0.3, -0.25) is 14.5 Å². The first-order valence-corrected chi connectivity index (χ1v) is 8.96. The van der Waals surface area contributed by atoms with E-state index in [2.05, 4.69) is 10.3 Å². The summed E-state index contributed by atoms with van der Waals surface area (Å²) < 4.78 is 0. The van der Waals surface area contributed by atoms with Crippen molar-refractivity contribution < 1.29 is 19.5 Å². The number of fused-ring (bicyclic) bond motifs is 1. The number of carboxylic acids is 1. The number of hydrogen-bond acceptors (Lipinski definition) is 6. The van der Waals surface area contributed by atoms with Gasteiger partial charge in [0.25, 0.3) is 5.91 Å². The fraction of sp³-hybridized carbons (Fsp3) is 0.385. The van der Waals surface area contributed by atoms with Crippen LogP contribution in [0.4, 0.5) is 0 Å². The van der Waals surface area contributed by atoms with Crippen LogP contribution in [0.15, 0.2) is 16.1 Å². The molecule has 24 heavy (non-hydrogen) atoms. The second kappa shape index (κ2) is 7.76. The van der Waals surface area contributed by atoms with Gasteiger partial charge in [-0.2, -0.15) is 0 Å². The fourth-order valence-corrected chi connectivity index (χ4v) is 4.62. The molecule has 0 saturated carbocycles. The predicted octanol–water partition coefficient (Wildman–Crippen LogP) is 0.280. The molecule has 1 saturated heterocycles. The number of halogens is 1. The van der Waals surface area contributed by atoms with Crippen LogP contribution in [0, 0.1) is 6.92 Å². The van der Waals surface area contributed by atoms with Crippen molar-refractivity contribution in [1.29, 1.82) is 0 Å². The number of carbonyl (C=O) groups excluding carboxylic acids is 2. The summed E-state index contributed by atoms with van der Waals surface area (Å²) in [4.78, 5) is 40.8. The van der Waals surface area contributed by atoms with Crippen LogP contribution in [0.5, 0.6) is 0 Å². The van der Waals surface area contributed by atoms with Crippen molar-refractivity contribution in [3.8, 4) is 0 Å². The van der Waals surface area contributed by atoms with Crippen LogP contribution in [0.1, 0.15) is 10.7 Å². The third-order valence-corrected chi connectivity index (χ3v) is 6.02. The second-order valence-electron chi connectivity index (χ2n) is 5.05. The molecule has 2 aliphatic rings. The van der Waals surface area contributed by atoms with Crippen molar-refractivity contribution in [2.45, 2.75) is 24.8 Å². The summed E-state index contributed by atoms with van der Waals surface area (Å²) >= 11 is 8.67. The molecule has 1 aromatic heterocycles. The van der Waals surface area contributed by atoms with Crippen LogP contribution in [-0.4, -0.2) is 79.5 Å². The molecular formula is C13H13ClN3NaO4S2. The molecule has 3 heterocycles. The SMILES string of the molecule is Cc1nc(CC(=O)N[C@@H]2C(=O)N3C(C(=O)O)=C(Cl)CS[C@H]23)cs1.[NaH]. The topological polar surface area (TPSA) is 99.6 Å². The van der Waals surface area contributed by atoms with Gasteiger partial charge in [0, 0.05) is 11.1 Å². The van der Waals surface area contributed by atoms with Crippen molar-refractivity contribution >= 4 is 82.0 Å². The molecule has 2 amide bonds. The van der Waals surface area contributed by atoms with Gasteiger partial charge in [0.05, 0.1) is 22.2 Å². The van der Waals surface area contributed by atoms with Crippen molar-refractivity contribution in [1.82, 2.24) is 15.2 Å². The van der Waals surface area contributed by atoms with E-state index in [1.165, 1.54) is 23.1 Å². The van der Waals surface area contributed by atoms with Crippen LogP contribution in [0.2, 0.25) is 0 Å². The molecule has 0 aromatic carbocycles. The van der Waals surface area contributed by atoms with E-state index in [-0.39, 0.29) is 52.6 Å². The molecule has 0 bridgehead atoms. The maximum atomic E-state index is 12.2. The van der Waals surface area contributed by atoms with Gasteiger partial charge in [-0.25, -0.2) is 9.78 Å². The quantitative estimate of drug-likeness (QED) is 0.559. The number of aliphatic carboxylic acids is 1. The molecule has 7 nitrogen and oxygen atoms in total. The van der Waals surface area contributed by atoms with Crippen molar-refractivity contribution in [2.24, 2.45) is 0 Å². The number of thioether (sulfide) groups is 1. The number of rotatable bonds is 4. The fourth-order valence-electron chi connectivity index (χ4n) is 2.46. The average Bonchev–Trinajstić information content (AvgIpc) is 2.89. The van der Waals surface area contributed by atoms with Crippen molar-refractivity contribution in [2.75, 3.05) is 5.75 Å². The molecule has 2 N–H and O–H groups in total. The summed E-state index contributed by atoms with van der Waals surface area (Å²) in [6.45, 7) is 1.85. The summed E-state index contributed by atoms with van der Waals surface area (Å²) in [5.41, 5.74) is 0.458. The molecule has 11 heteroatoms. The van der Waals surface area contributed by atoms with E-state index in [4.69, 9.17) is 11.6 Å². The van der Waals surface area contributed by atoms with E-state index in [9.17, 15) is 19.5 Å². The summed E-state index contributed by atoms with van der Waals surface area (Å²) in [7, 11) is 0. The Hall–Kier alpha value is -0.580. The van der Waals surface area contributed by atoms with Gasteiger partial charge in [-0.15, -0.1) is 23.1 Å². The Bertz CT molecular complexity index is 739. The minimum absolute atomic E-state index is 0. The minimum atomic E-state index is -1.24. The number of nitrogens with one attached hydrogen (secondary N) is 1. The van der Waals surface area contributed by atoms with Crippen LogP contribution in [0.25, 0.3) is 0 Å². The number of amides is 2. The van der Waals surface area contributed by atoms with E-state index >= 15 is 0 Å². The summed E-state index contributed by atoms with van der Waals surface area (Å²) in [6.07, 6.45) is 0.0912. The third-order valence-electron chi connectivity index (χ3n) is 3.45. The van der Waals surface area contributed by atoms with E-state index in [0.717, 1.165) is 9.91 Å². The Morgan fingerprint density at radius 3 is 2.83 bits per heavy atom. The van der Waals surface area contributed by atoms with Gasteiger partial charge in [0.1, 0.15) is 17.1 Å². The summed E-state index contributed by atoms with van der Waals surface area (Å²) in [5.74, 6) is -1.71. The Morgan fingerprint density at radius 2 is 2.25 bits per heavy atom. The number of carboxylic acid groups (broad SMARTS) is 1. The van der Waals surface area contributed by atoms with Crippen molar-refractivity contribution in [3.63, 3.8) is 0 Å². The second-order valence-corrected chi connectivity index (χ2v) is 7.67. The van der Waals surface area contributed by atoms with Crippen molar-refractivity contribution in [3.05, 3.63) is 26.8 Å². The first-order valence-electron chi connectivity index (χ1n) is 6.65. The monoisotopic (exact) mass is 397 g/mol. The van der Waals surface area contributed by atoms with Gasteiger partial charge in [-0.1, -0.05) is 11.6 Å². The molecule has 124 valence electrons. The van der Waals surface area contributed by atoms with E-state index in [1.807, 2.05) is 6.92 Å². The average molecular weight is 398 g/mol. The molecule has 1 aromatic rings. The Morgan fingerprint density at radius 1 is 1.54 bits per heavy atom. The number of aryl methyl sites for hydroxylation is 1. The third kappa shape index (κ3) is 3.66. The van der Waals surface area contributed by atoms with Gasteiger partial charge in [-0.05, 0) is 6.92 Å². The molecular weight excluding hydrogens is 385 g/mol. The Balaban J connectivity index is 0.00000208. The van der Waals surface area contributed by atoms with Crippen LogP contribution < -0.4 is 5.32 Å². The number of thiazole rings is 1. The van der Waals surface area contributed by atoms with Crippen LogP contribution >= 0.6 is 34.7 Å². The molecule has 1 fully saturated rings. The first kappa shape index (κ1) is 19.7. The molecule has 0 aliphatic carbocycles. The van der Waals surface area contributed by atoms with Crippen LogP contribution in [0.3, 0.4) is 0 Å². The maximum absolute atomic E-state index is 12.2. The number of β-lactam (4-membered cyclic amide) rings is 1. The summed E-state index contributed by atoms with van der Waals surface area (Å²) in [6, 6.07) is -0.730. The Kier molecular flexibility index (Phi) is 6.38. The number of nitrogens with zero attached hydrogens (tertiary/aromatic N) is 2. The molecule has 0 spiro atoms. The van der Waals surface area contributed by atoms with Gasteiger partial charge < -0.3 is 10.4 Å². The van der Waals surface area contributed by atoms with E-state index in [1.54, 1.807) is 5.38 Å². The van der Waals surface area contributed by atoms with Gasteiger partial charge in [0.2, 0.25) is 5.91 Å². The first-order chi connectivity index (χ1) is 10.9. The molecule has 2 aliphatic heterocycles. The zero-order chi connectivity index (χ0) is 16.7. The summed E-state index contributed by atoms with van der Waals surface area (Å²) in [5, 5.41) is 14.2. The van der Waals surface area contributed by atoms with E-state index in [0.29, 0.717) is 11.4 Å². The van der Waals surface area contributed by atoms with Crippen LogP contribution in [-0.2, 0) is 20.8 Å². The van der Waals surface area contributed by atoms with Gasteiger partial charge >= 0.3 is 35.5 Å². The normalized spacial score (nSPS) is 22.4. The van der Waals surface area contributed by atoms with E-state index < -0.39 is 23.3 Å². The molecule has 0 unspecified atom stereocenters. The Labute approximate surface area is 173 Å². The predicted molar refractivity (Wildman–Crippen MR) is 93.2 cm³/mol. The zero-order valence-electron chi connectivity index (χ0n) is 11.9. The standard InChI is InChI=1S/C13H12ClN3O4S2.Na.H/c1-5-15-6(3-22-5)2-8(18)16-9-11(19)17-10(13(20)21)7(14)4-23-12(9)17;;/h3,9,12H,2,4H2,1H3,(H,16,18)(H,20,21);;/t9-,12-;;/m1../s1.